The molecule has 1 aromatic heterocycles. The molecule has 0 bridgehead atoms. The molecular weight excluding hydrogens is 216 g/mol. The van der Waals surface area contributed by atoms with Gasteiger partial charge in [-0.05, 0) is 25.7 Å². The molecule has 0 saturated heterocycles. The first-order chi connectivity index (χ1) is 8.19. The molecule has 3 N–H and O–H groups in total. The summed E-state index contributed by atoms with van der Waals surface area (Å²) >= 11 is 0. The van der Waals surface area contributed by atoms with Gasteiger partial charge in [0.2, 0.25) is 5.89 Å². The number of hydrogen-bond donors (Lipinski definition) is 2. The molecule has 0 aliphatic heterocycles. The molecule has 3 atom stereocenters. The van der Waals surface area contributed by atoms with E-state index in [1.807, 2.05) is 6.92 Å². The summed E-state index contributed by atoms with van der Waals surface area (Å²) in [5.74, 6) is 1.33. The van der Waals surface area contributed by atoms with Gasteiger partial charge in [-0.1, -0.05) is 31.3 Å². The van der Waals surface area contributed by atoms with Crippen LogP contribution in [-0.4, -0.2) is 16.2 Å². The first-order valence-electron chi connectivity index (χ1n) is 6.54. The summed E-state index contributed by atoms with van der Waals surface area (Å²) in [4.78, 5) is 0. The third-order valence-corrected chi connectivity index (χ3v) is 3.52. The number of nitrogens with zero attached hydrogens (tertiary/aromatic N) is 2. The van der Waals surface area contributed by atoms with Crippen LogP contribution in [0.15, 0.2) is 4.42 Å². The quantitative estimate of drug-likeness (QED) is 0.842. The Morgan fingerprint density at radius 1 is 1.47 bits per heavy atom. The van der Waals surface area contributed by atoms with Gasteiger partial charge in [-0.15, -0.1) is 5.10 Å². The van der Waals surface area contributed by atoms with E-state index in [1.165, 1.54) is 32.1 Å². The van der Waals surface area contributed by atoms with Gasteiger partial charge in [-0.3, -0.25) is 0 Å². The molecule has 0 spiro atoms. The molecule has 1 heterocycles. The lowest BCUT2D eigenvalue weighted by molar-refractivity contribution is 0.322. The highest BCUT2D eigenvalue weighted by Gasteiger charge is 2.22. The number of rotatable bonds is 4. The average Bonchev–Trinajstić information content (AvgIpc) is 2.78. The van der Waals surface area contributed by atoms with E-state index in [9.17, 15) is 0 Å². The average molecular weight is 238 g/mol. The standard InChI is InChI=1S/C12H22N4O/c1-3-9-5-4-6-10(7-9)14-12-16-15-11(17-12)8(2)13/h8-10H,3-7,13H2,1-2H3,(H,14,16). The van der Waals surface area contributed by atoms with E-state index >= 15 is 0 Å². The van der Waals surface area contributed by atoms with Crippen LogP contribution in [0.25, 0.3) is 0 Å². The first-order valence-corrected chi connectivity index (χ1v) is 6.54. The topological polar surface area (TPSA) is 77.0 Å². The van der Waals surface area contributed by atoms with Crippen molar-refractivity contribution in [3.8, 4) is 0 Å². The molecule has 2 rings (SSSR count). The van der Waals surface area contributed by atoms with Gasteiger partial charge in [0.05, 0.1) is 6.04 Å². The summed E-state index contributed by atoms with van der Waals surface area (Å²) in [5, 5.41) is 11.2. The predicted octanol–water partition coefficient (Wildman–Crippen LogP) is 2.47. The van der Waals surface area contributed by atoms with Crippen LogP contribution in [0, 0.1) is 5.92 Å². The largest absolute Gasteiger partial charge is 0.406 e. The fraction of sp³-hybridized carbons (Fsp3) is 0.833. The van der Waals surface area contributed by atoms with Crippen molar-refractivity contribution in [2.75, 3.05) is 5.32 Å². The van der Waals surface area contributed by atoms with Crippen LogP contribution in [0.3, 0.4) is 0 Å². The van der Waals surface area contributed by atoms with Crippen molar-refractivity contribution in [2.24, 2.45) is 11.7 Å². The summed E-state index contributed by atoms with van der Waals surface area (Å²) in [6.45, 7) is 4.10. The summed E-state index contributed by atoms with van der Waals surface area (Å²) < 4.78 is 5.46. The Morgan fingerprint density at radius 3 is 2.94 bits per heavy atom. The molecule has 0 amide bonds. The smallest absolute Gasteiger partial charge is 0.315 e. The summed E-state index contributed by atoms with van der Waals surface area (Å²) in [6, 6.07) is 0.780. The molecule has 1 saturated carbocycles. The second kappa shape index (κ2) is 5.49. The minimum Gasteiger partial charge on any atom is -0.406 e. The van der Waals surface area contributed by atoms with Gasteiger partial charge >= 0.3 is 6.01 Å². The maximum absolute atomic E-state index is 5.68. The Morgan fingerprint density at radius 2 is 2.29 bits per heavy atom. The van der Waals surface area contributed by atoms with Gasteiger partial charge < -0.3 is 15.5 Å². The van der Waals surface area contributed by atoms with Gasteiger partial charge in [-0.2, -0.15) is 0 Å². The van der Waals surface area contributed by atoms with Gasteiger partial charge in [0, 0.05) is 6.04 Å². The second-order valence-corrected chi connectivity index (χ2v) is 5.02. The van der Waals surface area contributed by atoms with Crippen molar-refractivity contribution < 1.29 is 4.42 Å². The van der Waals surface area contributed by atoms with Gasteiger partial charge in [0.15, 0.2) is 0 Å². The zero-order chi connectivity index (χ0) is 12.3. The molecule has 0 radical (unpaired) electrons. The molecule has 96 valence electrons. The zero-order valence-corrected chi connectivity index (χ0v) is 10.6. The first kappa shape index (κ1) is 12.4. The van der Waals surface area contributed by atoms with E-state index in [0.717, 1.165) is 5.92 Å². The van der Waals surface area contributed by atoms with Crippen molar-refractivity contribution in [2.45, 2.75) is 58.0 Å². The summed E-state index contributed by atoms with van der Waals surface area (Å²) in [5.41, 5.74) is 5.68. The van der Waals surface area contributed by atoms with Crippen molar-refractivity contribution in [1.82, 2.24) is 10.2 Å². The normalized spacial score (nSPS) is 26.8. The second-order valence-electron chi connectivity index (χ2n) is 5.02. The molecule has 1 aromatic rings. The molecule has 17 heavy (non-hydrogen) atoms. The monoisotopic (exact) mass is 238 g/mol. The van der Waals surface area contributed by atoms with Crippen LogP contribution in [-0.2, 0) is 0 Å². The molecule has 1 aliphatic carbocycles. The lowest BCUT2D eigenvalue weighted by atomic mass is 9.84. The molecule has 0 aromatic carbocycles. The Labute approximate surface area is 102 Å². The highest BCUT2D eigenvalue weighted by Crippen LogP contribution is 2.28. The SMILES string of the molecule is CCC1CCCC(Nc2nnc(C(C)N)o2)C1. The number of nitrogens with two attached hydrogens (primary N) is 1. The molecular formula is C12H22N4O. The summed E-state index contributed by atoms with van der Waals surface area (Å²) in [6.07, 6.45) is 6.28. The fourth-order valence-electron chi connectivity index (χ4n) is 2.44. The van der Waals surface area contributed by atoms with Crippen LogP contribution < -0.4 is 11.1 Å². The predicted molar refractivity (Wildman–Crippen MR) is 66.6 cm³/mol. The minimum absolute atomic E-state index is 0.201. The summed E-state index contributed by atoms with van der Waals surface area (Å²) in [7, 11) is 0. The van der Waals surface area contributed by atoms with Crippen LogP contribution in [0.1, 0.15) is 57.9 Å². The molecule has 5 nitrogen and oxygen atoms in total. The Hall–Kier alpha value is -1.10. The molecule has 1 fully saturated rings. The van der Waals surface area contributed by atoms with Crippen LogP contribution in [0.4, 0.5) is 6.01 Å². The van der Waals surface area contributed by atoms with E-state index < -0.39 is 0 Å². The van der Waals surface area contributed by atoms with Crippen molar-refractivity contribution in [1.29, 1.82) is 0 Å². The van der Waals surface area contributed by atoms with Crippen LogP contribution in [0.5, 0.6) is 0 Å². The molecule has 1 aliphatic rings. The number of aromatic nitrogens is 2. The highest BCUT2D eigenvalue weighted by molar-refractivity contribution is 5.20. The van der Waals surface area contributed by atoms with Crippen molar-refractivity contribution in [3.63, 3.8) is 0 Å². The minimum atomic E-state index is -0.201. The lowest BCUT2D eigenvalue weighted by Crippen LogP contribution is -2.27. The number of hydrogen-bond acceptors (Lipinski definition) is 5. The van der Waals surface area contributed by atoms with E-state index in [0.29, 0.717) is 17.9 Å². The van der Waals surface area contributed by atoms with E-state index in [-0.39, 0.29) is 6.04 Å². The van der Waals surface area contributed by atoms with Gasteiger partial charge in [0.1, 0.15) is 0 Å². The van der Waals surface area contributed by atoms with E-state index in [1.54, 1.807) is 0 Å². The maximum atomic E-state index is 5.68. The van der Waals surface area contributed by atoms with Gasteiger partial charge in [0.25, 0.3) is 0 Å². The number of anilines is 1. The van der Waals surface area contributed by atoms with Gasteiger partial charge in [-0.25, -0.2) is 0 Å². The molecule has 3 unspecified atom stereocenters. The third kappa shape index (κ3) is 3.19. The zero-order valence-electron chi connectivity index (χ0n) is 10.6. The third-order valence-electron chi connectivity index (χ3n) is 3.52. The van der Waals surface area contributed by atoms with E-state index in [2.05, 4.69) is 22.4 Å². The van der Waals surface area contributed by atoms with Crippen LogP contribution >= 0.6 is 0 Å². The van der Waals surface area contributed by atoms with Crippen LogP contribution in [0.2, 0.25) is 0 Å². The Kier molecular flexibility index (Phi) is 3.99. The Balaban J connectivity index is 1.91. The Bertz CT molecular complexity index is 350. The van der Waals surface area contributed by atoms with E-state index in [4.69, 9.17) is 10.2 Å². The lowest BCUT2D eigenvalue weighted by Gasteiger charge is -2.28. The highest BCUT2D eigenvalue weighted by atomic mass is 16.4. The fourth-order valence-corrected chi connectivity index (χ4v) is 2.44. The van der Waals surface area contributed by atoms with Crippen molar-refractivity contribution >= 4 is 6.01 Å². The van der Waals surface area contributed by atoms with Crippen molar-refractivity contribution in [3.05, 3.63) is 5.89 Å². The molecule has 5 heteroatoms. The number of nitrogens with one attached hydrogen (secondary N) is 1. The maximum Gasteiger partial charge on any atom is 0.315 e.